The van der Waals surface area contributed by atoms with Crippen LogP contribution in [0.15, 0.2) is 42.5 Å². The molecule has 0 aliphatic rings. The predicted octanol–water partition coefficient (Wildman–Crippen LogP) is 5.02. The Hall–Kier alpha value is -2.37. The summed E-state index contributed by atoms with van der Waals surface area (Å²) in [6.07, 6.45) is 0. The van der Waals surface area contributed by atoms with Crippen LogP contribution in [0.25, 0.3) is 10.1 Å². The van der Waals surface area contributed by atoms with E-state index in [1.165, 1.54) is 18.3 Å². The number of carbonyl (C=O) groups excluding carboxylic acids is 2. The van der Waals surface area contributed by atoms with Crippen LogP contribution in [0.4, 0.5) is 5.69 Å². The van der Waals surface area contributed by atoms with Crippen molar-refractivity contribution in [2.24, 2.45) is 0 Å². The molecule has 1 amide bonds. The second-order valence-corrected chi connectivity index (χ2v) is 6.63. The van der Waals surface area contributed by atoms with Crippen LogP contribution in [-0.4, -0.2) is 18.8 Å². The number of anilines is 1. The summed E-state index contributed by atoms with van der Waals surface area (Å²) in [5, 5.41) is 4.00. The second-order valence-electron chi connectivity index (χ2n) is 5.19. The normalized spacial score (nSPS) is 10.6. The van der Waals surface area contributed by atoms with Crippen LogP contribution in [0, 0.1) is 0 Å². The molecule has 0 unspecified atom stereocenters. The molecule has 0 atom stereocenters. The number of rotatable bonds is 4. The van der Waals surface area contributed by atoms with Crippen molar-refractivity contribution in [2.45, 2.75) is 6.92 Å². The lowest BCUT2D eigenvalue weighted by atomic mass is 10.1. The van der Waals surface area contributed by atoms with Crippen molar-refractivity contribution < 1.29 is 14.3 Å². The summed E-state index contributed by atoms with van der Waals surface area (Å²) in [5.41, 5.74) is 1.20. The average Bonchev–Trinajstić information content (AvgIpc) is 2.91. The van der Waals surface area contributed by atoms with Gasteiger partial charge in [-0.05, 0) is 49.4 Å². The maximum atomic E-state index is 12.5. The molecule has 0 radical (unpaired) electrons. The first-order valence-electron chi connectivity index (χ1n) is 7.18. The zero-order chi connectivity index (χ0) is 17.3. The fourth-order valence-electron chi connectivity index (χ4n) is 2.30. The van der Waals surface area contributed by atoms with Crippen molar-refractivity contribution in [2.75, 3.05) is 12.4 Å². The predicted molar refractivity (Wildman–Crippen MR) is 97.8 cm³/mol. The van der Waals surface area contributed by atoms with E-state index < -0.39 is 0 Å². The van der Waals surface area contributed by atoms with Crippen LogP contribution >= 0.6 is 22.9 Å². The highest BCUT2D eigenvalue weighted by atomic mass is 35.5. The third-order valence-electron chi connectivity index (χ3n) is 3.59. The van der Waals surface area contributed by atoms with Gasteiger partial charge in [0.05, 0.1) is 12.1 Å². The third-order valence-corrected chi connectivity index (χ3v) is 5.26. The summed E-state index contributed by atoms with van der Waals surface area (Å²) in [7, 11) is 1.58. The maximum absolute atomic E-state index is 12.5. The fraction of sp³-hybridized carbons (Fsp3) is 0.111. The van der Waals surface area contributed by atoms with Gasteiger partial charge in [0, 0.05) is 21.3 Å². The number of nitrogens with one attached hydrogen (secondary N) is 1. The van der Waals surface area contributed by atoms with Gasteiger partial charge in [0.15, 0.2) is 5.78 Å². The standard InChI is InChI=1S/C18H14ClNO3S/c1-10(21)11-3-5-12(6-4-11)20-18(22)17-16(19)14-9-13(23-2)7-8-15(14)24-17/h3-9H,1-2H3,(H,20,22). The lowest BCUT2D eigenvalue weighted by molar-refractivity contribution is 0.101. The number of hydrogen-bond acceptors (Lipinski definition) is 4. The van der Waals surface area contributed by atoms with E-state index in [1.807, 2.05) is 18.2 Å². The quantitative estimate of drug-likeness (QED) is 0.665. The Kier molecular flexibility index (Phi) is 4.55. The van der Waals surface area contributed by atoms with Crippen molar-refractivity contribution in [3.63, 3.8) is 0 Å². The third kappa shape index (κ3) is 3.13. The molecular formula is C18H14ClNO3S. The van der Waals surface area contributed by atoms with Crippen molar-refractivity contribution >= 4 is 50.4 Å². The summed E-state index contributed by atoms with van der Waals surface area (Å²) >= 11 is 7.69. The summed E-state index contributed by atoms with van der Waals surface area (Å²) in [4.78, 5) is 24.2. The Labute approximate surface area is 148 Å². The topological polar surface area (TPSA) is 55.4 Å². The first-order chi connectivity index (χ1) is 11.5. The minimum atomic E-state index is -0.282. The number of benzene rings is 2. The summed E-state index contributed by atoms with van der Waals surface area (Å²) in [6, 6.07) is 12.3. The minimum absolute atomic E-state index is 0.0191. The van der Waals surface area contributed by atoms with Gasteiger partial charge in [0.25, 0.3) is 5.91 Å². The number of methoxy groups -OCH3 is 1. The first-order valence-corrected chi connectivity index (χ1v) is 8.37. The molecule has 122 valence electrons. The molecular weight excluding hydrogens is 346 g/mol. The van der Waals surface area contributed by atoms with Gasteiger partial charge in [0.1, 0.15) is 10.6 Å². The van der Waals surface area contributed by atoms with Crippen molar-refractivity contribution in [3.05, 3.63) is 57.9 Å². The molecule has 6 heteroatoms. The van der Waals surface area contributed by atoms with E-state index in [9.17, 15) is 9.59 Å². The van der Waals surface area contributed by atoms with Crippen molar-refractivity contribution in [1.82, 2.24) is 0 Å². The van der Waals surface area contributed by atoms with Crippen LogP contribution in [0.5, 0.6) is 5.75 Å². The van der Waals surface area contributed by atoms with Gasteiger partial charge >= 0.3 is 0 Å². The highest BCUT2D eigenvalue weighted by Crippen LogP contribution is 2.37. The molecule has 1 aromatic heterocycles. The number of carbonyl (C=O) groups is 2. The molecule has 1 N–H and O–H groups in total. The molecule has 3 aromatic rings. The Morgan fingerprint density at radius 3 is 2.46 bits per heavy atom. The monoisotopic (exact) mass is 359 g/mol. The SMILES string of the molecule is COc1ccc2sc(C(=O)Nc3ccc(C(C)=O)cc3)c(Cl)c2c1. The molecule has 0 saturated heterocycles. The molecule has 0 aliphatic carbocycles. The van der Waals surface area contributed by atoms with Gasteiger partial charge in [0.2, 0.25) is 0 Å². The maximum Gasteiger partial charge on any atom is 0.267 e. The van der Waals surface area contributed by atoms with E-state index in [0.717, 1.165) is 10.1 Å². The van der Waals surface area contributed by atoms with E-state index >= 15 is 0 Å². The number of halogens is 1. The Morgan fingerprint density at radius 2 is 1.83 bits per heavy atom. The number of amides is 1. The number of ether oxygens (including phenoxy) is 1. The van der Waals surface area contributed by atoms with Gasteiger partial charge in [-0.15, -0.1) is 11.3 Å². The molecule has 4 nitrogen and oxygen atoms in total. The summed E-state index contributed by atoms with van der Waals surface area (Å²) in [5.74, 6) is 0.388. The lowest BCUT2D eigenvalue weighted by Gasteiger charge is -2.04. The number of hydrogen-bond donors (Lipinski definition) is 1. The molecule has 24 heavy (non-hydrogen) atoms. The van der Waals surface area contributed by atoms with Crippen LogP contribution < -0.4 is 10.1 Å². The number of fused-ring (bicyclic) bond motifs is 1. The van der Waals surface area contributed by atoms with Crippen LogP contribution in [0.1, 0.15) is 27.0 Å². The zero-order valence-corrected chi connectivity index (χ0v) is 14.6. The first kappa shape index (κ1) is 16.5. The summed E-state index contributed by atoms with van der Waals surface area (Å²) < 4.78 is 6.11. The van der Waals surface area contributed by atoms with Crippen LogP contribution in [0.3, 0.4) is 0 Å². The molecule has 0 aliphatic heterocycles. The molecule has 2 aromatic carbocycles. The van der Waals surface area contributed by atoms with Crippen LogP contribution in [-0.2, 0) is 0 Å². The molecule has 0 fully saturated rings. The number of thiophene rings is 1. The van der Waals surface area contributed by atoms with E-state index in [1.54, 1.807) is 31.4 Å². The smallest absolute Gasteiger partial charge is 0.267 e. The van der Waals surface area contributed by atoms with E-state index in [0.29, 0.717) is 26.9 Å². The molecule has 0 spiro atoms. The number of ketones is 1. The van der Waals surface area contributed by atoms with E-state index in [4.69, 9.17) is 16.3 Å². The van der Waals surface area contributed by atoms with Crippen molar-refractivity contribution in [3.8, 4) is 5.75 Å². The highest BCUT2D eigenvalue weighted by Gasteiger charge is 2.18. The number of Topliss-reactive ketones (excluding diaryl/α,β-unsaturated/α-hetero) is 1. The average molecular weight is 360 g/mol. The molecule has 3 rings (SSSR count). The Balaban J connectivity index is 1.88. The second kappa shape index (κ2) is 6.63. The highest BCUT2D eigenvalue weighted by molar-refractivity contribution is 7.21. The van der Waals surface area contributed by atoms with Crippen LogP contribution in [0.2, 0.25) is 5.02 Å². The van der Waals surface area contributed by atoms with Gasteiger partial charge in [-0.1, -0.05) is 11.6 Å². The van der Waals surface area contributed by atoms with Crippen molar-refractivity contribution in [1.29, 1.82) is 0 Å². The molecule has 0 bridgehead atoms. The lowest BCUT2D eigenvalue weighted by Crippen LogP contribution is -2.10. The van der Waals surface area contributed by atoms with Gasteiger partial charge in [-0.25, -0.2) is 0 Å². The Bertz CT molecular complexity index is 931. The van der Waals surface area contributed by atoms with Gasteiger partial charge in [-0.3, -0.25) is 9.59 Å². The largest absolute Gasteiger partial charge is 0.497 e. The fourth-order valence-corrected chi connectivity index (χ4v) is 3.68. The van der Waals surface area contributed by atoms with Gasteiger partial charge in [-0.2, -0.15) is 0 Å². The molecule has 1 heterocycles. The van der Waals surface area contributed by atoms with E-state index in [-0.39, 0.29) is 11.7 Å². The van der Waals surface area contributed by atoms with Gasteiger partial charge < -0.3 is 10.1 Å². The van der Waals surface area contributed by atoms with E-state index in [2.05, 4.69) is 5.32 Å². The Morgan fingerprint density at radius 1 is 1.12 bits per heavy atom. The summed E-state index contributed by atoms with van der Waals surface area (Å²) in [6.45, 7) is 1.50. The zero-order valence-electron chi connectivity index (χ0n) is 13.1. The molecule has 0 saturated carbocycles. The minimum Gasteiger partial charge on any atom is -0.497 e.